The Morgan fingerprint density at radius 1 is 1.41 bits per heavy atom. The molecule has 0 amide bonds. The average molecular weight is 232 g/mol. The van der Waals surface area contributed by atoms with Gasteiger partial charge in [-0.05, 0) is 6.42 Å². The van der Waals surface area contributed by atoms with Gasteiger partial charge in [0, 0.05) is 19.3 Å². The molecule has 1 aliphatic rings. The second kappa shape index (κ2) is 7.02. The molecule has 1 fully saturated rings. The molecule has 1 atom stereocenters. The van der Waals surface area contributed by atoms with Crippen molar-refractivity contribution in [2.24, 2.45) is 5.41 Å². The molecule has 0 N–H and O–H groups in total. The molecule has 1 aliphatic heterocycles. The van der Waals surface area contributed by atoms with Gasteiger partial charge in [-0.1, -0.05) is 32.1 Å². The van der Waals surface area contributed by atoms with Gasteiger partial charge in [-0.2, -0.15) is 0 Å². The van der Waals surface area contributed by atoms with Crippen LogP contribution in [-0.4, -0.2) is 12.6 Å². The molecule has 0 saturated carbocycles. The fraction of sp³-hybridized carbons (Fsp3) is 0.667. The minimum absolute atomic E-state index is 0.239. The molecule has 17 heavy (non-hydrogen) atoms. The van der Waals surface area contributed by atoms with E-state index in [0.29, 0.717) is 19.4 Å². The molecule has 1 saturated heterocycles. The predicted molar refractivity (Wildman–Crippen MR) is 68.0 cm³/mol. The SMILES string of the molecule is C#CCC1(C#CCCCCCC)CCOC1=O. The van der Waals surface area contributed by atoms with Crippen LogP contribution in [0.4, 0.5) is 0 Å². The normalized spacial score (nSPS) is 22.5. The maximum Gasteiger partial charge on any atom is 0.325 e. The van der Waals surface area contributed by atoms with Crippen LogP contribution in [0.5, 0.6) is 0 Å². The Hall–Kier alpha value is -1.41. The summed E-state index contributed by atoms with van der Waals surface area (Å²) in [5, 5.41) is 0. The largest absolute Gasteiger partial charge is 0.464 e. The third kappa shape index (κ3) is 3.82. The highest BCUT2D eigenvalue weighted by molar-refractivity contribution is 5.82. The highest BCUT2D eigenvalue weighted by atomic mass is 16.5. The molecular weight excluding hydrogens is 212 g/mol. The molecule has 0 aliphatic carbocycles. The molecule has 1 unspecified atom stereocenters. The summed E-state index contributed by atoms with van der Waals surface area (Å²) in [7, 11) is 0. The van der Waals surface area contributed by atoms with E-state index in [9.17, 15) is 4.79 Å². The highest BCUT2D eigenvalue weighted by Gasteiger charge is 2.42. The van der Waals surface area contributed by atoms with Crippen molar-refractivity contribution >= 4 is 5.97 Å². The number of terminal acetylenes is 1. The zero-order valence-corrected chi connectivity index (χ0v) is 10.6. The zero-order valence-electron chi connectivity index (χ0n) is 10.6. The van der Waals surface area contributed by atoms with E-state index in [4.69, 9.17) is 11.2 Å². The molecule has 0 bridgehead atoms. The molecular formula is C15H20O2. The zero-order chi connectivity index (χ0) is 12.6. The number of ether oxygens (including phenoxy) is 1. The fourth-order valence-electron chi connectivity index (χ4n) is 1.92. The van der Waals surface area contributed by atoms with Crippen LogP contribution in [0.2, 0.25) is 0 Å². The number of carbonyl (C=O) groups excluding carboxylic acids is 1. The summed E-state index contributed by atoms with van der Waals surface area (Å²) in [5.41, 5.74) is -0.709. The minimum Gasteiger partial charge on any atom is -0.464 e. The Balaban J connectivity index is 2.48. The van der Waals surface area contributed by atoms with Gasteiger partial charge in [-0.25, -0.2) is 0 Å². The number of hydrogen-bond donors (Lipinski definition) is 0. The number of hydrogen-bond acceptors (Lipinski definition) is 2. The van der Waals surface area contributed by atoms with E-state index in [2.05, 4.69) is 24.7 Å². The summed E-state index contributed by atoms with van der Waals surface area (Å²) < 4.78 is 4.98. The quantitative estimate of drug-likeness (QED) is 0.414. The summed E-state index contributed by atoms with van der Waals surface area (Å²) in [6, 6.07) is 0. The fourth-order valence-corrected chi connectivity index (χ4v) is 1.92. The number of cyclic esters (lactones) is 1. The van der Waals surface area contributed by atoms with Crippen LogP contribution in [0.3, 0.4) is 0 Å². The lowest BCUT2D eigenvalue weighted by atomic mass is 9.84. The van der Waals surface area contributed by atoms with Crippen molar-refractivity contribution in [1.29, 1.82) is 0 Å². The Kier molecular flexibility index (Phi) is 5.64. The van der Waals surface area contributed by atoms with Gasteiger partial charge >= 0.3 is 5.97 Å². The van der Waals surface area contributed by atoms with Gasteiger partial charge in [0.15, 0.2) is 0 Å². The average Bonchev–Trinajstić information content (AvgIpc) is 2.66. The van der Waals surface area contributed by atoms with Crippen LogP contribution in [-0.2, 0) is 9.53 Å². The first-order valence-electron chi connectivity index (χ1n) is 6.36. The highest BCUT2D eigenvalue weighted by Crippen LogP contribution is 2.32. The van der Waals surface area contributed by atoms with Crippen LogP contribution in [0.15, 0.2) is 0 Å². The Bertz CT molecular complexity index is 353. The van der Waals surface area contributed by atoms with Gasteiger partial charge in [0.2, 0.25) is 0 Å². The molecule has 92 valence electrons. The smallest absolute Gasteiger partial charge is 0.325 e. The molecule has 0 aromatic carbocycles. The molecule has 1 heterocycles. The lowest BCUT2D eigenvalue weighted by Gasteiger charge is -2.13. The van der Waals surface area contributed by atoms with Crippen molar-refractivity contribution in [3.05, 3.63) is 0 Å². The summed E-state index contributed by atoms with van der Waals surface area (Å²) >= 11 is 0. The van der Waals surface area contributed by atoms with E-state index in [0.717, 1.165) is 12.8 Å². The van der Waals surface area contributed by atoms with Gasteiger partial charge in [-0.15, -0.1) is 18.3 Å². The van der Waals surface area contributed by atoms with E-state index >= 15 is 0 Å². The third-order valence-corrected chi connectivity index (χ3v) is 3.04. The molecule has 1 rings (SSSR count). The van der Waals surface area contributed by atoms with Crippen LogP contribution in [0.25, 0.3) is 0 Å². The van der Waals surface area contributed by atoms with E-state index in [1.54, 1.807) is 0 Å². The molecule has 0 radical (unpaired) electrons. The first-order chi connectivity index (χ1) is 8.25. The van der Waals surface area contributed by atoms with Crippen LogP contribution in [0, 0.1) is 29.6 Å². The number of unbranched alkanes of at least 4 members (excludes halogenated alkanes) is 4. The van der Waals surface area contributed by atoms with Crippen LogP contribution < -0.4 is 0 Å². The summed E-state index contributed by atoms with van der Waals surface area (Å²) in [6.45, 7) is 2.63. The number of esters is 1. The van der Waals surface area contributed by atoms with Crippen LogP contribution in [0.1, 0.15) is 51.9 Å². The van der Waals surface area contributed by atoms with Gasteiger partial charge in [0.05, 0.1) is 6.61 Å². The molecule has 2 heteroatoms. The maximum absolute atomic E-state index is 11.6. The summed E-state index contributed by atoms with van der Waals surface area (Å²) in [5.74, 6) is 8.45. The van der Waals surface area contributed by atoms with E-state index in [1.807, 2.05) is 0 Å². The second-order valence-corrected chi connectivity index (χ2v) is 4.46. The topological polar surface area (TPSA) is 26.3 Å². The van der Waals surface area contributed by atoms with Gasteiger partial charge in [0.25, 0.3) is 0 Å². The van der Waals surface area contributed by atoms with Crippen molar-refractivity contribution in [1.82, 2.24) is 0 Å². The first kappa shape index (κ1) is 13.7. The third-order valence-electron chi connectivity index (χ3n) is 3.04. The van der Waals surface area contributed by atoms with Gasteiger partial charge < -0.3 is 4.74 Å². The monoisotopic (exact) mass is 232 g/mol. The maximum atomic E-state index is 11.6. The lowest BCUT2D eigenvalue weighted by Crippen LogP contribution is -2.23. The first-order valence-corrected chi connectivity index (χ1v) is 6.36. The predicted octanol–water partition coefficient (Wildman–Crippen LogP) is 2.92. The van der Waals surface area contributed by atoms with Crippen molar-refractivity contribution in [3.63, 3.8) is 0 Å². The molecule has 0 aromatic rings. The molecule has 0 spiro atoms. The van der Waals surface area contributed by atoms with Crippen molar-refractivity contribution in [2.75, 3.05) is 6.61 Å². The second-order valence-electron chi connectivity index (χ2n) is 4.46. The minimum atomic E-state index is -0.709. The van der Waals surface area contributed by atoms with E-state index in [1.165, 1.54) is 19.3 Å². The van der Waals surface area contributed by atoms with Gasteiger partial charge in [0.1, 0.15) is 5.41 Å². The number of rotatable bonds is 5. The Morgan fingerprint density at radius 2 is 2.24 bits per heavy atom. The summed E-state index contributed by atoms with van der Waals surface area (Å²) in [4.78, 5) is 11.6. The molecule has 2 nitrogen and oxygen atoms in total. The standard InChI is InChI=1S/C15H20O2/c1-3-5-6-7-8-9-11-15(10-4-2)12-13-17-14(15)16/h2H,3,5-8,10,12-13H2,1H3. The van der Waals surface area contributed by atoms with Crippen molar-refractivity contribution in [2.45, 2.75) is 51.9 Å². The number of carbonyl (C=O) groups is 1. The Morgan fingerprint density at radius 3 is 2.82 bits per heavy atom. The van der Waals surface area contributed by atoms with E-state index < -0.39 is 5.41 Å². The lowest BCUT2D eigenvalue weighted by molar-refractivity contribution is -0.143. The van der Waals surface area contributed by atoms with Gasteiger partial charge in [-0.3, -0.25) is 4.79 Å². The Labute approximate surface area is 104 Å². The van der Waals surface area contributed by atoms with E-state index in [-0.39, 0.29) is 5.97 Å². The van der Waals surface area contributed by atoms with Crippen LogP contribution >= 0.6 is 0 Å². The summed E-state index contributed by atoms with van der Waals surface area (Å²) in [6.07, 6.45) is 11.9. The molecule has 0 aromatic heterocycles. The van der Waals surface area contributed by atoms with Crippen molar-refractivity contribution in [3.8, 4) is 24.2 Å². The van der Waals surface area contributed by atoms with Crippen molar-refractivity contribution < 1.29 is 9.53 Å².